The Kier molecular flexibility index (Phi) is 5.95. The van der Waals surface area contributed by atoms with E-state index >= 15 is 0 Å². The lowest BCUT2D eigenvalue weighted by Crippen LogP contribution is -2.38. The van der Waals surface area contributed by atoms with E-state index in [1.807, 2.05) is 6.92 Å². The van der Waals surface area contributed by atoms with Gasteiger partial charge in [-0.25, -0.2) is 0 Å². The molecular weight excluding hydrogens is 252 g/mol. The predicted octanol–water partition coefficient (Wildman–Crippen LogP) is 1.82. The van der Waals surface area contributed by atoms with E-state index in [-0.39, 0.29) is 17.9 Å². The van der Waals surface area contributed by atoms with E-state index < -0.39 is 0 Å². The summed E-state index contributed by atoms with van der Waals surface area (Å²) in [6.07, 6.45) is -0.111. The molecule has 0 aliphatic carbocycles. The van der Waals surface area contributed by atoms with Gasteiger partial charge in [0.2, 0.25) is 5.91 Å². The lowest BCUT2D eigenvalue weighted by atomic mass is 10.1. The molecule has 0 aliphatic rings. The van der Waals surface area contributed by atoms with Crippen molar-refractivity contribution in [2.45, 2.75) is 20.0 Å². The van der Waals surface area contributed by atoms with Crippen molar-refractivity contribution in [2.24, 2.45) is 11.7 Å². The molecule has 18 heavy (non-hydrogen) atoms. The number of halogens is 1. The van der Waals surface area contributed by atoms with E-state index in [4.69, 9.17) is 22.1 Å². The Morgan fingerprint density at radius 2 is 2.00 bits per heavy atom. The third kappa shape index (κ3) is 4.94. The van der Waals surface area contributed by atoms with E-state index in [1.165, 1.54) is 0 Å². The van der Waals surface area contributed by atoms with E-state index in [0.29, 0.717) is 18.1 Å². The van der Waals surface area contributed by atoms with Crippen LogP contribution in [0, 0.1) is 5.92 Å². The summed E-state index contributed by atoms with van der Waals surface area (Å²) in [6, 6.07) is 7.11. The SMILES string of the molecule is CC(CNC(=O)C(C)CN)Oc1ccc(Cl)cc1. The van der Waals surface area contributed by atoms with Crippen LogP contribution in [0.3, 0.4) is 0 Å². The topological polar surface area (TPSA) is 64.4 Å². The molecule has 0 saturated heterocycles. The standard InChI is InChI=1S/C13H19ClN2O2/c1-9(7-15)13(17)16-8-10(2)18-12-5-3-11(14)4-6-12/h3-6,9-10H,7-8,15H2,1-2H3,(H,16,17). The third-order valence-corrected chi connectivity index (χ3v) is 2.77. The Balaban J connectivity index is 2.35. The van der Waals surface area contributed by atoms with Crippen molar-refractivity contribution >= 4 is 17.5 Å². The van der Waals surface area contributed by atoms with Crippen LogP contribution in [0.4, 0.5) is 0 Å². The lowest BCUT2D eigenvalue weighted by Gasteiger charge is -2.17. The van der Waals surface area contributed by atoms with Crippen LogP contribution in [-0.2, 0) is 4.79 Å². The number of carbonyl (C=O) groups excluding carboxylic acids is 1. The van der Waals surface area contributed by atoms with Crippen molar-refractivity contribution in [3.8, 4) is 5.75 Å². The van der Waals surface area contributed by atoms with Crippen LogP contribution in [0.25, 0.3) is 0 Å². The molecule has 0 spiro atoms. The number of rotatable bonds is 6. The van der Waals surface area contributed by atoms with E-state index in [1.54, 1.807) is 31.2 Å². The van der Waals surface area contributed by atoms with Gasteiger partial charge < -0.3 is 15.8 Å². The summed E-state index contributed by atoms with van der Waals surface area (Å²) in [5, 5.41) is 3.46. The number of benzene rings is 1. The molecule has 0 aromatic heterocycles. The Bertz CT molecular complexity index is 381. The molecule has 4 nitrogen and oxygen atoms in total. The summed E-state index contributed by atoms with van der Waals surface area (Å²) in [5.74, 6) is 0.504. The van der Waals surface area contributed by atoms with Gasteiger partial charge in [-0.15, -0.1) is 0 Å². The molecular formula is C13H19ClN2O2. The quantitative estimate of drug-likeness (QED) is 0.829. The molecule has 1 aromatic rings. The summed E-state index contributed by atoms with van der Waals surface area (Å²) >= 11 is 5.78. The van der Waals surface area contributed by atoms with Gasteiger partial charge in [0, 0.05) is 17.5 Å². The Morgan fingerprint density at radius 1 is 1.39 bits per heavy atom. The number of carbonyl (C=O) groups is 1. The Hall–Kier alpha value is -1.26. The van der Waals surface area contributed by atoms with Gasteiger partial charge in [0.25, 0.3) is 0 Å². The lowest BCUT2D eigenvalue weighted by molar-refractivity contribution is -0.124. The summed E-state index contributed by atoms with van der Waals surface area (Å²) in [4.78, 5) is 11.5. The molecule has 1 amide bonds. The highest BCUT2D eigenvalue weighted by molar-refractivity contribution is 6.30. The second-order valence-corrected chi connectivity index (χ2v) is 4.70. The molecule has 0 bridgehead atoms. The van der Waals surface area contributed by atoms with Crippen molar-refractivity contribution in [2.75, 3.05) is 13.1 Å². The average Bonchev–Trinajstić information content (AvgIpc) is 2.37. The summed E-state index contributed by atoms with van der Waals surface area (Å²) in [5.41, 5.74) is 5.41. The normalized spacial score (nSPS) is 13.8. The second kappa shape index (κ2) is 7.24. The van der Waals surface area contributed by atoms with E-state index in [9.17, 15) is 4.79 Å². The smallest absolute Gasteiger partial charge is 0.224 e. The monoisotopic (exact) mass is 270 g/mol. The molecule has 2 atom stereocenters. The molecule has 0 aliphatic heterocycles. The van der Waals surface area contributed by atoms with Crippen LogP contribution in [0.15, 0.2) is 24.3 Å². The second-order valence-electron chi connectivity index (χ2n) is 4.26. The Labute approximate surface area is 112 Å². The highest BCUT2D eigenvalue weighted by Crippen LogP contribution is 2.16. The first kappa shape index (κ1) is 14.8. The maximum atomic E-state index is 11.5. The fourth-order valence-corrected chi connectivity index (χ4v) is 1.44. The van der Waals surface area contributed by atoms with Crippen LogP contribution in [-0.4, -0.2) is 25.1 Å². The molecule has 0 saturated carbocycles. The van der Waals surface area contributed by atoms with Crippen LogP contribution in [0.5, 0.6) is 5.75 Å². The van der Waals surface area contributed by atoms with Gasteiger partial charge in [0.1, 0.15) is 11.9 Å². The van der Waals surface area contributed by atoms with Gasteiger partial charge >= 0.3 is 0 Å². The van der Waals surface area contributed by atoms with Crippen LogP contribution >= 0.6 is 11.6 Å². The molecule has 0 radical (unpaired) electrons. The molecule has 3 N–H and O–H groups in total. The van der Waals surface area contributed by atoms with E-state index in [2.05, 4.69) is 5.32 Å². The van der Waals surface area contributed by atoms with Crippen LogP contribution in [0.2, 0.25) is 5.02 Å². The molecule has 2 unspecified atom stereocenters. The minimum atomic E-state index is -0.173. The fourth-order valence-electron chi connectivity index (χ4n) is 1.31. The maximum Gasteiger partial charge on any atom is 0.224 e. The minimum Gasteiger partial charge on any atom is -0.489 e. The first-order valence-electron chi connectivity index (χ1n) is 5.93. The van der Waals surface area contributed by atoms with E-state index in [0.717, 1.165) is 5.75 Å². The van der Waals surface area contributed by atoms with Crippen LogP contribution < -0.4 is 15.8 Å². The van der Waals surface area contributed by atoms with Crippen molar-refractivity contribution < 1.29 is 9.53 Å². The number of amides is 1. The number of nitrogens with two attached hydrogens (primary N) is 1. The van der Waals surface area contributed by atoms with Gasteiger partial charge in [-0.2, -0.15) is 0 Å². The van der Waals surface area contributed by atoms with Crippen molar-refractivity contribution in [1.82, 2.24) is 5.32 Å². The highest BCUT2D eigenvalue weighted by atomic mass is 35.5. The number of hydrogen-bond donors (Lipinski definition) is 2. The van der Waals surface area contributed by atoms with Gasteiger partial charge in [-0.05, 0) is 31.2 Å². The van der Waals surface area contributed by atoms with Gasteiger partial charge in [-0.1, -0.05) is 18.5 Å². The first-order chi connectivity index (χ1) is 8.52. The largest absolute Gasteiger partial charge is 0.489 e. The van der Waals surface area contributed by atoms with Gasteiger partial charge in [0.15, 0.2) is 0 Å². The summed E-state index contributed by atoms with van der Waals surface area (Å²) in [6.45, 7) is 4.48. The maximum absolute atomic E-state index is 11.5. The molecule has 0 fully saturated rings. The van der Waals surface area contributed by atoms with Crippen molar-refractivity contribution in [3.63, 3.8) is 0 Å². The molecule has 1 rings (SSSR count). The first-order valence-corrected chi connectivity index (χ1v) is 6.30. The third-order valence-electron chi connectivity index (χ3n) is 2.52. The fraction of sp³-hybridized carbons (Fsp3) is 0.462. The predicted molar refractivity (Wildman–Crippen MR) is 72.8 cm³/mol. The number of nitrogens with one attached hydrogen (secondary N) is 1. The van der Waals surface area contributed by atoms with Crippen LogP contribution in [0.1, 0.15) is 13.8 Å². The minimum absolute atomic E-state index is 0.0518. The van der Waals surface area contributed by atoms with Crippen molar-refractivity contribution in [3.05, 3.63) is 29.3 Å². The average molecular weight is 271 g/mol. The van der Waals surface area contributed by atoms with Gasteiger partial charge in [0.05, 0.1) is 6.54 Å². The van der Waals surface area contributed by atoms with Crippen molar-refractivity contribution in [1.29, 1.82) is 0 Å². The number of ether oxygens (including phenoxy) is 1. The zero-order chi connectivity index (χ0) is 13.5. The molecule has 5 heteroatoms. The summed E-state index contributed by atoms with van der Waals surface area (Å²) < 4.78 is 5.63. The molecule has 0 heterocycles. The molecule has 1 aromatic carbocycles. The molecule has 100 valence electrons. The number of hydrogen-bond acceptors (Lipinski definition) is 3. The van der Waals surface area contributed by atoms with Gasteiger partial charge in [-0.3, -0.25) is 4.79 Å². The summed E-state index contributed by atoms with van der Waals surface area (Å²) in [7, 11) is 0. The Morgan fingerprint density at radius 3 is 2.56 bits per heavy atom. The zero-order valence-electron chi connectivity index (χ0n) is 10.7. The zero-order valence-corrected chi connectivity index (χ0v) is 11.4. The highest BCUT2D eigenvalue weighted by Gasteiger charge is 2.12.